The van der Waals surface area contributed by atoms with Crippen molar-refractivity contribution in [3.8, 4) is 0 Å². The van der Waals surface area contributed by atoms with Crippen LogP contribution in [0.5, 0.6) is 0 Å². The Bertz CT molecular complexity index is 962. The molecule has 28 heavy (non-hydrogen) atoms. The number of thiazole rings is 1. The average Bonchev–Trinajstić information content (AvgIpc) is 3.30. The number of carbonyl (C=O) groups excluding carboxylic acids is 3. The molecule has 2 aromatic rings. The lowest BCUT2D eigenvalue weighted by atomic mass is 9.98. The van der Waals surface area contributed by atoms with Crippen LogP contribution in [0.2, 0.25) is 0 Å². The summed E-state index contributed by atoms with van der Waals surface area (Å²) in [5.74, 6) is -0.288. The number of benzene rings is 1. The lowest BCUT2D eigenvalue weighted by Gasteiger charge is -2.19. The van der Waals surface area contributed by atoms with Gasteiger partial charge in [-0.2, -0.15) is 0 Å². The van der Waals surface area contributed by atoms with Crippen LogP contribution in [-0.2, 0) is 9.59 Å². The van der Waals surface area contributed by atoms with Crippen LogP contribution in [0.15, 0.2) is 12.1 Å². The second-order valence-electron chi connectivity index (χ2n) is 7.78. The summed E-state index contributed by atoms with van der Waals surface area (Å²) in [7, 11) is 0. The molecule has 0 radical (unpaired) electrons. The minimum atomic E-state index is -0.684. The van der Waals surface area contributed by atoms with E-state index >= 15 is 0 Å². The number of rotatable bonds is 5. The molecule has 1 aliphatic carbocycles. The molecular weight excluding hydrogens is 376 g/mol. The first-order chi connectivity index (χ1) is 13.4. The van der Waals surface area contributed by atoms with Crippen LogP contribution in [0.25, 0.3) is 10.2 Å². The first kappa shape index (κ1) is 18.9. The van der Waals surface area contributed by atoms with Crippen molar-refractivity contribution in [3.05, 3.63) is 23.3 Å². The van der Waals surface area contributed by atoms with E-state index in [4.69, 9.17) is 0 Å². The van der Waals surface area contributed by atoms with E-state index in [-0.39, 0.29) is 30.8 Å². The van der Waals surface area contributed by atoms with Crippen LogP contribution in [0.4, 0.5) is 9.93 Å². The van der Waals surface area contributed by atoms with E-state index in [2.05, 4.69) is 27.8 Å². The molecule has 1 saturated heterocycles. The van der Waals surface area contributed by atoms with Gasteiger partial charge in [-0.15, -0.1) is 0 Å². The predicted octanol–water partition coefficient (Wildman–Crippen LogP) is 3.50. The summed E-state index contributed by atoms with van der Waals surface area (Å²) in [4.78, 5) is 42.8. The molecule has 2 aliphatic rings. The third-order valence-corrected chi connectivity index (χ3v) is 6.48. The summed E-state index contributed by atoms with van der Waals surface area (Å²) in [6, 6.07) is 3.80. The molecule has 1 aliphatic heterocycles. The van der Waals surface area contributed by atoms with E-state index in [9.17, 15) is 14.4 Å². The van der Waals surface area contributed by atoms with Crippen LogP contribution in [0.3, 0.4) is 0 Å². The van der Waals surface area contributed by atoms with E-state index in [0.29, 0.717) is 24.4 Å². The number of anilines is 1. The van der Waals surface area contributed by atoms with E-state index in [0.717, 1.165) is 28.6 Å². The van der Waals surface area contributed by atoms with Gasteiger partial charge in [0.25, 0.3) is 5.91 Å². The van der Waals surface area contributed by atoms with Crippen molar-refractivity contribution >= 4 is 44.5 Å². The van der Waals surface area contributed by atoms with Crippen molar-refractivity contribution in [1.29, 1.82) is 0 Å². The molecule has 1 aromatic heterocycles. The molecule has 4 rings (SSSR count). The lowest BCUT2D eigenvalue weighted by Crippen LogP contribution is -2.44. The highest BCUT2D eigenvalue weighted by Crippen LogP contribution is 2.35. The maximum Gasteiger partial charge on any atom is 0.325 e. The van der Waals surface area contributed by atoms with Gasteiger partial charge in [0.05, 0.1) is 10.2 Å². The van der Waals surface area contributed by atoms with Gasteiger partial charge in [-0.1, -0.05) is 30.2 Å². The number of hydrogen-bond donors (Lipinski definition) is 2. The number of nitrogens with zero attached hydrogens (tertiary/aromatic N) is 2. The summed E-state index contributed by atoms with van der Waals surface area (Å²) in [6.07, 6.45) is 4.02. The maximum absolute atomic E-state index is 12.6. The molecule has 0 atom stereocenters. The molecule has 7 nitrogen and oxygen atoms in total. The topological polar surface area (TPSA) is 91.4 Å². The fourth-order valence-corrected chi connectivity index (χ4v) is 5.26. The largest absolute Gasteiger partial charge is 0.325 e. The van der Waals surface area contributed by atoms with Crippen molar-refractivity contribution in [2.45, 2.75) is 57.9 Å². The molecule has 4 amide bonds. The number of nitrogens with one attached hydrogen (secondary N) is 2. The lowest BCUT2D eigenvalue weighted by molar-refractivity contribution is -0.131. The van der Waals surface area contributed by atoms with Crippen LogP contribution in [-0.4, -0.2) is 39.8 Å². The normalized spacial score (nSPS) is 18.3. The van der Waals surface area contributed by atoms with E-state index < -0.39 is 5.54 Å². The number of urea groups is 1. The number of amides is 4. The smallest absolute Gasteiger partial charge is 0.323 e. The quantitative estimate of drug-likeness (QED) is 0.752. The van der Waals surface area contributed by atoms with E-state index in [1.807, 2.05) is 13.8 Å². The van der Waals surface area contributed by atoms with Gasteiger partial charge in [0.1, 0.15) is 5.54 Å². The van der Waals surface area contributed by atoms with Gasteiger partial charge < -0.3 is 10.6 Å². The summed E-state index contributed by atoms with van der Waals surface area (Å²) in [6.45, 7) is 4.31. The number of aromatic nitrogens is 1. The van der Waals surface area contributed by atoms with Gasteiger partial charge in [-0.3, -0.25) is 14.5 Å². The Hall–Kier alpha value is -2.48. The molecule has 2 heterocycles. The monoisotopic (exact) mass is 400 g/mol. The zero-order valence-corrected chi connectivity index (χ0v) is 16.9. The van der Waals surface area contributed by atoms with Gasteiger partial charge >= 0.3 is 6.03 Å². The Labute approximate surface area is 167 Å². The summed E-state index contributed by atoms with van der Waals surface area (Å²) >= 11 is 1.45. The average molecular weight is 401 g/mol. The second kappa shape index (κ2) is 7.16. The molecule has 1 saturated carbocycles. The number of carbonyl (C=O) groups is 3. The SMILES string of the molecule is Cc1cc(C)c2nc(NC(=O)CCCN3C(=O)NC4(CCCC4)C3=O)sc2c1. The molecule has 148 valence electrons. The molecular formula is C20H24N4O3S. The van der Waals surface area contributed by atoms with Crippen LogP contribution in [0, 0.1) is 13.8 Å². The summed E-state index contributed by atoms with van der Waals surface area (Å²) in [5, 5.41) is 6.28. The van der Waals surface area contributed by atoms with Crippen molar-refractivity contribution in [2.24, 2.45) is 0 Å². The molecule has 0 bridgehead atoms. The maximum atomic E-state index is 12.6. The van der Waals surface area contributed by atoms with Crippen molar-refractivity contribution in [1.82, 2.24) is 15.2 Å². The van der Waals surface area contributed by atoms with Crippen molar-refractivity contribution < 1.29 is 14.4 Å². The van der Waals surface area contributed by atoms with Crippen molar-refractivity contribution in [3.63, 3.8) is 0 Å². The van der Waals surface area contributed by atoms with Gasteiger partial charge in [0.2, 0.25) is 5.91 Å². The number of fused-ring (bicyclic) bond motifs is 1. The van der Waals surface area contributed by atoms with Gasteiger partial charge in [0, 0.05) is 13.0 Å². The third kappa shape index (κ3) is 3.37. The number of hydrogen-bond acceptors (Lipinski definition) is 5. The Morgan fingerprint density at radius 2 is 2.04 bits per heavy atom. The second-order valence-corrected chi connectivity index (χ2v) is 8.81. The molecule has 8 heteroatoms. The minimum Gasteiger partial charge on any atom is -0.323 e. The van der Waals surface area contributed by atoms with Gasteiger partial charge in [-0.05, 0) is 50.3 Å². The zero-order valence-electron chi connectivity index (χ0n) is 16.1. The zero-order chi connectivity index (χ0) is 19.9. The minimum absolute atomic E-state index is 0.132. The molecule has 1 spiro atoms. The first-order valence-electron chi connectivity index (χ1n) is 9.70. The molecule has 0 unspecified atom stereocenters. The standard InChI is InChI=1S/C20H24N4O3S/c1-12-10-13(2)16-14(11-12)28-18(22-16)21-15(25)6-5-9-24-17(26)20(23-19(24)27)7-3-4-8-20/h10-11H,3-9H2,1-2H3,(H,23,27)(H,21,22,25). The van der Waals surface area contributed by atoms with Crippen LogP contribution >= 0.6 is 11.3 Å². The Balaban J connectivity index is 1.32. The Morgan fingerprint density at radius 3 is 2.79 bits per heavy atom. The highest BCUT2D eigenvalue weighted by atomic mass is 32.1. The summed E-state index contributed by atoms with van der Waals surface area (Å²) in [5.41, 5.74) is 2.48. The summed E-state index contributed by atoms with van der Waals surface area (Å²) < 4.78 is 1.05. The van der Waals surface area contributed by atoms with E-state index in [1.165, 1.54) is 21.8 Å². The number of imide groups is 1. The molecule has 2 fully saturated rings. The first-order valence-corrected chi connectivity index (χ1v) is 10.5. The highest BCUT2D eigenvalue weighted by molar-refractivity contribution is 7.22. The highest BCUT2D eigenvalue weighted by Gasteiger charge is 2.52. The van der Waals surface area contributed by atoms with Gasteiger partial charge in [-0.25, -0.2) is 9.78 Å². The fourth-order valence-electron chi connectivity index (χ4n) is 4.20. The Morgan fingerprint density at radius 1 is 1.29 bits per heavy atom. The van der Waals surface area contributed by atoms with Crippen LogP contribution in [0.1, 0.15) is 49.7 Å². The van der Waals surface area contributed by atoms with E-state index in [1.54, 1.807) is 0 Å². The Kier molecular flexibility index (Phi) is 4.82. The van der Waals surface area contributed by atoms with Crippen molar-refractivity contribution in [2.75, 3.05) is 11.9 Å². The third-order valence-electron chi connectivity index (χ3n) is 5.56. The molecule has 1 aromatic carbocycles. The molecule has 2 N–H and O–H groups in total. The van der Waals surface area contributed by atoms with Crippen LogP contribution < -0.4 is 10.6 Å². The predicted molar refractivity (Wildman–Crippen MR) is 108 cm³/mol. The number of aryl methyl sites for hydroxylation is 2. The fraction of sp³-hybridized carbons (Fsp3) is 0.500. The van der Waals surface area contributed by atoms with Gasteiger partial charge in [0.15, 0.2) is 5.13 Å².